The Balaban J connectivity index is 1.89. The van der Waals surface area contributed by atoms with E-state index in [1.807, 2.05) is 0 Å². The van der Waals surface area contributed by atoms with Gasteiger partial charge in [-0.15, -0.1) is 0 Å². The summed E-state index contributed by atoms with van der Waals surface area (Å²) in [5, 5.41) is 3.38. The van der Waals surface area contributed by atoms with Gasteiger partial charge in [0.05, 0.1) is 6.04 Å². The van der Waals surface area contributed by atoms with Gasteiger partial charge in [0.1, 0.15) is 5.82 Å². The van der Waals surface area contributed by atoms with Gasteiger partial charge in [0.15, 0.2) is 5.78 Å². The Morgan fingerprint density at radius 1 is 1.15 bits per heavy atom. The third-order valence-electron chi connectivity index (χ3n) is 4.02. The van der Waals surface area contributed by atoms with Crippen molar-refractivity contribution in [1.82, 2.24) is 10.2 Å². The first-order valence-electron chi connectivity index (χ1n) is 7.92. The Labute approximate surface area is 155 Å². The number of rotatable bonds is 4. The summed E-state index contributed by atoms with van der Waals surface area (Å²) in [6.45, 7) is 0. The van der Waals surface area contributed by atoms with Gasteiger partial charge in [0, 0.05) is 23.8 Å². The SMILES string of the molecule is CN1C=C(C(=O)/C=C/c2ccc(F)cc2)C(c2ccc(Cl)cc2)NC1=O. The van der Waals surface area contributed by atoms with Crippen LogP contribution in [0.15, 0.2) is 66.4 Å². The van der Waals surface area contributed by atoms with Gasteiger partial charge in [-0.05, 0) is 41.5 Å². The number of benzene rings is 2. The van der Waals surface area contributed by atoms with Gasteiger partial charge in [-0.3, -0.25) is 4.79 Å². The monoisotopic (exact) mass is 370 g/mol. The van der Waals surface area contributed by atoms with E-state index in [-0.39, 0.29) is 17.6 Å². The van der Waals surface area contributed by atoms with Crippen molar-refractivity contribution in [2.75, 3.05) is 7.05 Å². The number of carbonyl (C=O) groups excluding carboxylic acids is 2. The van der Waals surface area contributed by atoms with Crippen LogP contribution in [0, 0.1) is 5.82 Å². The number of nitrogens with one attached hydrogen (secondary N) is 1. The molecule has 2 aromatic carbocycles. The summed E-state index contributed by atoms with van der Waals surface area (Å²) in [4.78, 5) is 26.0. The standard InChI is InChI=1S/C20H16ClFN2O2/c1-24-12-17(18(25)11-4-13-2-9-16(22)10-3-13)19(23-20(24)26)14-5-7-15(21)8-6-14/h2-12,19H,1H3,(H,23,26)/b11-4+. The summed E-state index contributed by atoms with van der Waals surface area (Å²) >= 11 is 5.92. The quantitative estimate of drug-likeness (QED) is 0.814. The van der Waals surface area contributed by atoms with Crippen LogP contribution in [0.3, 0.4) is 0 Å². The average Bonchev–Trinajstić information content (AvgIpc) is 2.63. The van der Waals surface area contributed by atoms with Crippen LogP contribution in [0.2, 0.25) is 5.02 Å². The van der Waals surface area contributed by atoms with Crippen molar-refractivity contribution in [3.63, 3.8) is 0 Å². The van der Waals surface area contributed by atoms with Gasteiger partial charge in [0.25, 0.3) is 0 Å². The minimum absolute atomic E-state index is 0.249. The topological polar surface area (TPSA) is 49.4 Å². The number of hydrogen-bond donors (Lipinski definition) is 1. The molecule has 0 aliphatic carbocycles. The summed E-state index contributed by atoms with van der Waals surface area (Å²) in [7, 11) is 1.57. The summed E-state index contributed by atoms with van der Waals surface area (Å²) in [5.74, 6) is -0.586. The number of urea groups is 1. The number of allylic oxidation sites excluding steroid dienone is 1. The number of halogens is 2. The Hall–Kier alpha value is -2.92. The van der Waals surface area contributed by atoms with Gasteiger partial charge >= 0.3 is 6.03 Å². The van der Waals surface area contributed by atoms with Crippen LogP contribution in [0.1, 0.15) is 17.2 Å². The van der Waals surface area contributed by atoms with Gasteiger partial charge < -0.3 is 10.2 Å². The molecule has 3 rings (SSSR count). The number of amides is 2. The molecule has 26 heavy (non-hydrogen) atoms. The van der Waals surface area contributed by atoms with E-state index in [1.54, 1.807) is 49.5 Å². The molecular weight excluding hydrogens is 355 g/mol. The molecule has 0 radical (unpaired) electrons. The smallest absolute Gasteiger partial charge is 0.321 e. The number of ketones is 1. The molecule has 6 heteroatoms. The molecule has 4 nitrogen and oxygen atoms in total. The predicted octanol–water partition coefficient (Wildman–Crippen LogP) is 4.34. The molecule has 0 bridgehead atoms. The first-order valence-corrected chi connectivity index (χ1v) is 8.30. The molecule has 1 N–H and O–H groups in total. The summed E-state index contributed by atoms with van der Waals surface area (Å²) in [5.41, 5.74) is 1.88. The predicted molar refractivity (Wildman–Crippen MR) is 99.0 cm³/mol. The highest BCUT2D eigenvalue weighted by molar-refractivity contribution is 6.30. The molecule has 0 fully saturated rings. The van der Waals surface area contributed by atoms with Gasteiger partial charge in [-0.25, -0.2) is 9.18 Å². The van der Waals surface area contributed by atoms with E-state index in [9.17, 15) is 14.0 Å². The molecule has 1 atom stereocenters. The summed E-state index contributed by atoms with van der Waals surface area (Å²) in [6, 6.07) is 11.9. The maximum Gasteiger partial charge on any atom is 0.321 e. The van der Waals surface area contributed by atoms with Crippen LogP contribution in [0.25, 0.3) is 6.08 Å². The molecule has 0 saturated heterocycles. The first kappa shape index (κ1) is 17.9. The fourth-order valence-electron chi connectivity index (χ4n) is 2.61. The Kier molecular flexibility index (Phi) is 5.19. The fourth-order valence-corrected chi connectivity index (χ4v) is 2.74. The highest BCUT2D eigenvalue weighted by atomic mass is 35.5. The second kappa shape index (κ2) is 7.54. The molecule has 1 heterocycles. The molecular formula is C20H16ClFN2O2. The van der Waals surface area contributed by atoms with E-state index in [4.69, 9.17) is 11.6 Å². The van der Waals surface area contributed by atoms with Crippen molar-refractivity contribution in [3.8, 4) is 0 Å². The molecule has 132 valence electrons. The lowest BCUT2D eigenvalue weighted by Crippen LogP contribution is -2.43. The lowest BCUT2D eigenvalue weighted by molar-refractivity contribution is -0.111. The van der Waals surface area contributed by atoms with Crippen LogP contribution in [0.5, 0.6) is 0 Å². The fraction of sp³-hybridized carbons (Fsp3) is 0.100. The Morgan fingerprint density at radius 2 is 1.81 bits per heavy atom. The molecule has 2 aromatic rings. The third kappa shape index (κ3) is 4.00. The maximum absolute atomic E-state index is 13.0. The number of hydrogen-bond acceptors (Lipinski definition) is 2. The highest BCUT2D eigenvalue weighted by Gasteiger charge is 2.29. The number of carbonyl (C=O) groups is 2. The van der Waals surface area contributed by atoms with Gasteiger partial charge in [-0.1, -0.05) is 41.9 Å². The van der Waals surface area contributed by atoms with Crippen LogP contribution in [-0.2, 0) is 4.79 Å². The molecule has 2 amide bonds. The molecule has 1 unspecified atom stereocenters. The van der Waals surface area contributed by atoms with Crippen molar-refractivity contribution in [3.05, 3.63) is 88.3 Å². The minimum atomic E-state index is -0.568. The van der Waals surface area contributed by atoms with E-state index in [1.165, 1.54) is 29.3 Å². The second-order valence-electron chi connectivity index (χ2n) is 5.88. The van der Waals surface area contributed by atoms with E-state index in [2.05, 4.69) is 5.32 Å². The van der Waals surface area contributed by atoms with Gasteiger partial charge in [-0.2, -0.15) is 0 Å². The lowest BCUT2D eigenvalue weighted by Gasteiger charge is -2.29. The molecule has 0 saturated carbocycles. The molecule has 0 aromatic heterocycles. The van der Waals surface area contributed by atoms with Crippen molar-refractivity contribution in [2.45, 2.75) is 6.04 Å². The molecule has 0 spiro atoms. The number of nitrogens with zero attached hydrogens (tertiary/aromatic N) is 1. The van der Waals surface area contributed by atoms with E-state index >= 15 is 0 Å². The zero-order valence-electron chi connectivity index (χ0n) is 13.9. The third-order valence-corrected chi connectivity index (χ3v) is 4.27. The van der Waals surface area contributed by atoms with Crippen LogP contribution in [-0.4, -0.2) is 23.8 Å². The highest BCUT2D eigenvalue weighted by Crippen LogP contribution is 2.27. The lowest BCUT2D eigenvalue weighted by atomic mass is 9.94. The summed E-state index contributed by atoms with van der Waals surface area (Å²) < 4.78 is 13.0. The average molecular weight is 371 g/mol. The first-order chi connectivity index (χ1) is 12.4. The second-order valence-corrected chi connectivity index (χ2v) is 6.31. The summed E-state index contributed by atoms with van der Waals surface area (Å²) in [6.07, 6.45) is 4.54. The zero-order chi connectivity index (χ0) is 18.7. The van der Waals surface area contributed by atoms with Crippen molar-refractivity contribution in [2.24, 2.45) is 0 Å². The molecule has 1 aliphatic rings. The largest absolute Gasteiger partial charge is 0.327 e. The zero-order valence-corrected chi connectivity index (χ0v) is 14.7. The van der Waals surface area contributed by atoms with Crippen LogP contribution < -0.4 is 5.32 Å². The van der Waals surface area contributed by atoms with Crippen molar-refractivity contribution in [1.29, 1.82) is 0 Å². The van der Waals surface area contributed by atoms with Crippen molar-refractivity contribution >= 4 is 29.5 Å². The normalized spacial score (nSPS) is 17.2. The van der Waals surface area contributed by atoms with Crippen molar-refractivity contribution < 1.29 is 14.0 Å². The van der Waals surface area contributed by atoms with Crippen LogP contribution >= 0.6 is 11.6 Å². The van der Waals surface area contributed by atoms with E-state index in [0.717, 1.165) is 5.56 Å². The Bertz CT molecular complexity index is 889. The van der Waals surface area contributed by atoms with E-state index < -0.39 is 6.04 Å². The maximum atomic E-state index is 13.0. The Morgan fingerprint density at radius 3 is 2.46 bits per heavy atom. The molecule has 1 aliphatic heterocycles. The van der Waals surface area contributed by atoms with E-state index in [0.29, 0.717) is 16.2 Å². The van der Waals surface area contributed by atoms with Crippen LogP contribution in [0.4, 0.5) is 9.18 Å². The minimum Gasteiger partial charge on any atom is -0.327 e. The van der Waals surface area contributed by atoms with Gasteiger partial charge in [0.2, 0.25) is 0 Å².